The number of carbonyl (C=O) groups excluding carboxylic acids is 2. The Morgan fingerprint density at radius 2 is 1.81 bits per heavy atom. The Balaban J connectivity index is 1.54. The van der Waals surface area contributed by atoms with Gasteiger partial charge in [0, 0.05) is 41.9 Å². The third-order valence-electron chi connectivity index (χ3n) is 6.83. The minimum absolute atomic E-state index is 0.113. The summed E-state index contributed by atoms with van der Waals surface area (Å²) in [5.74, 6) is -0.897. The van der Waals surface area contributed by atoms with E-state index in [-0.39, 0.29) is 23.2 Å². The molecule has 0 spiro atoms. The number of aliphatic hydroxyl groups is 2. The first-order valence-corrected chi connectivity index (χ1v) is 12.2. The number of nitrogens with two attached hydrogens (primary N) is 1. The van der Waals surface area contributed by atoms with E-state index in [0.717, 1.165) is 16.8 Å². The van der Waals surface area contributed by atoms with Gasteiger partial charge in [0.05, 0.1) is 23.1 Å². The van der Waals surface area contributed by atoms with Gasteiger partial charge in [-0.05, 0) is 25.8 Å². The molecular formula is C27H28N6O4. The monoisotopic (exact) mass is 500 g/mol. The second-order valence-corrected chi connectivity index (χ2v) is 9.21. The predicted octanol–water partition coefficient (Wildman–Crippen LogP) is 2.30. The predicted molar refractivity (Wildman–Crippen MR) is 138 cm³/mol. The molecule has 4 aromatic rings. The fourth-order valence-electron chi connectivity index (χ4n) is 4.87. The summed E-state index contributed by atoms with van der Waals surface area (Å²) < 4.78 is 1.42. The maximum atomic E-state index is 12.7. The molecule has 1 atom stereocenters. The Kier molecular flexibility index (Phi) is 6.68. The molecule has 1 amide bonds. The third-order valence-corrected chi connectivity index (χ3v) is 6.83. The molecular weight excluding hydrogens is 472 g/mol. The number of hydrogen-bond acceptors (Lipinski definition) is 8. The zero-order valence-electron chi connectivity index (χ0n) is 20.4. The van der Waals surface area contributed by atoms with Crippen LogP contribution < -0.4 is 5.73 Å². The molecule has 5 rings (SSSR count). The summed E-state index contributed by atoms with van der Waals surface area (Å²) in [6, 6.07) is 13.7. The van der Waals surface area contributed by atoms with Crippen LogP contribution >= 0.6 is 0 Å². The Bertz CT molecular complexity index is 1440. The van der Waals surface area contributed by atoms with Crippen LogP contribution in [0.25, 0.3) is 28.0 Å². The van der Waals surface area contributed by atoms with Gasteiger partial charge in [-0.25, -0.2) is 4.98 Å². The number of likely N-dealkylation sites (tertiary alicyclic amines) is 1. The van der Waals surface area contributed by atoms with E-state index in [0.29, 0.717) is 42.8 Å². The number of piperidine rings is 1. The largest absolute Gasteiger partial charge is 0.388 e. The number of anilines is 1. The van der Waals surface area contributed by atoms with Crippen LogP contribution in [0.1, 0.15) is 41.7 Å². The van der Waals surface area contributed by atoms with Crippen LogP contribution in [0.4, 0.5) is 5.82 Å². The van der Waals surface area contributed by atoms with Crippen LogP contribution in [0.15, 0.2) is 54.9 Å². The molecule has 0 saturated carbocycles. The number of hydrogen-bond donors (Lipinski definition) is 3. The van der Waals surface area contributed by atoms with Crippen molar-refractivity contribution in [2.45, 2.75) is 31.8 Å². The standard InChI is InChI=1S/C27H28N6O4/c1-16(35)27(37)32-11-9-18(10-12-32)24-23(22(36)15-34)25(28)33-26(31-24)20(14-30-33)19-7-8-21(29-13-19)17-5-3-2-4-6-17/h2-8,13-14,16,18,34-35H,9-12,15,28H2,1H3. The molecule has 0 bridgehead atoms. The second kappa shape index (κ2) is 10.1. The van der Waals surface area contributed by atoms with Gasteiger partial charge in [-0.3, -0.25) is 14.6 Å². The number of amides is 1. The molecule has 4 heterocycles. The second-order valence-electron chi connectivity index (χ2n) is 9.21. The number of aromatic nitrogens is 4. The van der Waals surface area contributed by atoms with Crippen molar-refractivity contribution >= 4 is 23.2 Å². The molecule has 0 aliphatic carbocycles. The quantitative estimate of drug-likeness (QED) is 0.342. The molecule has 1 unspecified atom stereocenters. The topological polar surface area (TPSA) is 147 Å². The number of ketones is 1. The van der Waals surface area contributed by atoms with Crippen molar-refractivity contribution in [3.63, 3.8) is 0 Å². The van der Waals surface area contributed by atoms with Crippen molar-refractivity contribution in [1.82, 2.24) is 24.5 Å². The maximum Gasteiger partial charge on any atom is 0.251 e. The highest BCUT2D eigenvalue weighted by atomic mass is 16.3. The van der Waals surface area contributed by atoms with Gasteiger partial charge in [0.2, 0.25) is 0 Å². The molecule has 1 aliphatic heterocycles. The lowest BCUT2D eigenvalue weighted by Crippen LogP contribution is -2.42. The van der Waals surface area contributed by atoms with Crippen molar-refractivity contribution < 1.29 is 19.8 Å². The van der Waals surface area contributed by atoms with Crippen LogP contribution in [0.2, 0.25) is 0 Å². The Morgan fingerprint density at radius 3 is 2.43 bits per heavy atom. The Morgan fingerprint density at radius 1 is 1.08 bits per heavy atom. The Hall–Kier alpha value is -4.15. The molecule has 1 saturated heterocycles. The highest BCUT2D eigenvalue weighted by molar-refractivity contribution is 6.02. The molecule has 4 N–H and O–H groups in total. The molecule has 190 valence electrons. The van der Waals surface area contributed by atoms with Crippen molar-refractivity contribution in [2.75, 3.05) is 25.4 Å². The van der Waals surface area contributed by atoms with E-state index in [9.17, 15) is 19.8 Å². The minimum atomic E-state index is -1.07. The fourth-order valence-corrected chi connectivity index (χ4v) is 4.87. The van der Waals surface area contributed by atoms with E-state index in [1.165, 1.54) is 11.4 Å². The number of fused-ring (bicyclic) bond motifs is 1. The highest BCUT2D eigenvalue weighted by Gasteiger charge is 2.31. The van der Waals surface area contributed by atoms with Crippen LogP contribution in [-0.4, -0.2) is 72.2 Å². The first-order valence-electron chi connectivity index (χ1n) is 12.2. The molecule has 1 aromatic carbocycles. The Labute approximate surface area is 213 Å². The van der Waals surface area contributed by atoms with Crippen molar-refractivity contribution in [3.8, 4) is 22.4 Å². The van der Waals surface area contributed by atoms with Gasteiger partial charge >= 0.3 is 0 Å². The zero-order chi connectivity index (χ0) is 26.1. The molecule has 37 heavy (non-hydrogen) atoms. The maximum absolute atomic E-state index is 12.7. The number of carbonyl (C=O) groups is 2. The van der Waals surface area contributed by atoms with E-state index in [2.05, 4.69) is 10.1 Å². The SMILES string of the molecule is CC(O)C(=O)N1CCC(c2nc3c(-c4ccc(-c5ccccc5)nc4)cnn3c(N)c2C(=O)CO)CC1. The summed E-state index contributed by atoms with van der Waals surface area (Å²) in [5.41, 5.74) is 10.9. The van der Waals surface area contributed by atoms with Gasteiger partial charge in [0.25, 0.3) is 5.91 Å². The summed E-state index contributed by atoms with van der Waals surface area (Å²) in [7, 11) is 0. The highest BCUT2D eigenvalue weighted by Crippen LogP contribution is 2.35. The fraction of sp³-hybridized carbons (Fsp3) is 0.296. The normalized spacial score (nSPS) is 15.2. The van der Waals surface area contributed by atoms with Gasteiger partial charge < -0.3 is 20.8 Å². The summed E-state index contributed by atoms with van der Waals surface area (Å²) in [5, 5.41) is 23.7. The smallest absolute Gasteiger partial charge is 0.251 e. The first kappa shape index (κ1) is 24.5. The number of nitrogens with zero attached hydrogens (tertiary/aromatic N) is 5. The van der Waals surface area contributed by atoms with Gasteiger partial charge in [0.1, 0.15) is 18.5 Å². The summed E-state index contributed by atoms with van der Waals surface area (Å²) in [6.07, 6.45) is 3.42. The average molecular weight is 501 g/mol. The number of rotatable bonds is 6. The molecule has 10 nitrogen and oxygen atoms in total. The van der Waals surface area contributed by atoms with Gasteiger partial charge in [-0.15, -0.1) is 0 Å². The van der Waals surface area contributed by atoms with Crippen LogP contribution in [-0.2, 0) is 4.79 Å². The average Bonchev–Trinajstić information content (AvgIpc) is 3.37. The summed E-state index contributed by atoms with van der Waals surface area (Å²) in [6.45, 7) is 1.59. The number of aliphatic hydroxyl groups excluding tert-OH is 2. The van der Waals surface area contributed by atoms with Crippen LogP contribution in [0, 0.1) is 0 Å². The van der Waals surface area contributed by atoms with Crippen LogP contribution in [0.3, 0.4) is 0 Å². The lowest BCUT2D eigenvalue weighted by Gasteiger charge is -2.33. The lowest BCUT2D eigenvalue weighted by molar-refractivity contribution is -0.140. The van der Waals surface area contributed by atoms with E-state index in [1.54, 1.807) is 17.3 Å². The molecule has 1 fully saturated rings. The molecule has 0 radical (unpaired) electrons. The number of pyridine rings is 1. The summed E-state index contributed by atoms with van der Waals surface area (Å²) in [4.78, 5) is 36.0. The third kappa shape index (κ3) is 4.56. The lowest BCUT2D eigenvalue weighted by atomic mass is 9.89. The minimum Gasteiger partial charge on any atom is -0.388 e. The van der Waals surface area contributed by atoms with E-state index in [1.807, 2.05) is 42.5 Å². The molecule has 10 heteroatoms. The van der Waals surface area contributed by atoms with Gasteiger partial charge in [0.15, 0.2) is 11.4 Å². The number of benzene rings is 1. The van der Waals surface area contributed by atoms with Crippen molar-refractivity contribution in [2.24, 2.45) is 0 Å². The van der Waals surface area contributed by atoms with Gasteiger partial charge in [-0.1, -0.05) is 36.4 Å². The van der Waals surface area contributed by atoms with E-state index in [4.69, 9.17) is 10.7 Å². The van der Waals surface area contributed by atoms with Crippen molar-refractivity contribution in [3.05, 3.63) is 66.1 Å². The summed E-state index contributed by atoms with van der Waals surface area (Å²) >= 11 is 0. The van der Waals surface area contributed by atoms with E-state index < -0.39 is 18.5 Å². The number of nitrogen functional groups attached to an aromatic ring is 1. The molecule has 3 aromatic heterocycles. The first-order chi connectivity index (χ1) is 17.9. The molecule has 1 aliphatic rings. The van der Waals surface area contributed by atoms with Crippen molar-refractivity contribution in [1.29, 1.82) is 0 Å². The van der Waals surface area contributed by atoms with Crippen LogP contribution in [0.5, 0.6) is 0 Å². The number of Topliss-reactive ketones (excluding diaryl/α,β-unsaturated/α-hetero) is 1. The zero-order valence-corrected chi connectivity index (χ0v) is 20.4. The van der Waals surface area contributed by atoms with E-state index >= 15 is 0 Å². The van der Waals surface area contributed by atoms with Gasteiger partial charge in [-0.2, -0.15) is 9.61 Å².